The standard InChI is InChI=1S/C24H28F3N5O5S/c1-14-13-37-10-9-32(14)38(35,36)20-8-5-17(11-19(20)24(25,26)27)15(2)30-21(33)12-22(34)31-18-6-3-16(4-7-18)23(28)29/h3-8,11,14-15H,9-10,12-13H2,1-2H3,(H3,28,29)(H,30,33)(H,31,34)/t14-,15-/m0/s1. The van der Waals surface area contributed by atoms with Gasteiger partial charge in [-0.3, -0.25) is 15.0 Å². The number of hydrogen-bond acceptors (Lipinski definition) is 6. The quantitative estimate of drug-likeness (QED) is 0.223. The molecule has 0 spiro atoms. The van der Waals surface area contributed by atoms with Crippen LogP contribution in [-0.2, 0) is 30.5 Å². The molecule has 38 heavy (non-hydrogen) atoms. The number of rotatable bonds is 8. The van der Waals surface area contributed by atoms with Crippen LogP contribution in [0.15, 0.2) is 47.4 Å². The molecule has 14 heteroatoms. The lowest BCUT2D eigenvalue weighted by molar-refractivity contribution is -0.140. The molecule has 0 saturated carbocycles. The van der Waals surface area contributed by atoms with Gasteiger partial charge in [0.1, 0.15) is 12.3 Å². The van der Waals surface area contributed by atoms with Crippen LogP contribution >= 0.6 is 0 Å². The Kier molecular flexibility index (Phi) is 8.79. The lowest BCUT2D eigenvalue weighted by atomic mass is 10.0. The molecule has 1 aliphatic rings. The van der Waals surface area contributed by atoms with Crippen LogP contribution in [0.2, 0.25) is 0 Å². The number of halogens is 3. The van der Waals surface area contributed by atoms with Gasteiger partial charge in [0.05, 0.1) is 29.7 Å². The fourth-order valence-corrected chi connectivity index (χ4v) is 5.71. The molecule has 0 radical (unpaired) electrons. The smallest absolute Gasteiger partial charge is 0.384 e. The number of anilines is 1. The van der Waals surface area contributed by atoms with Crippen LogP contribution < -0.4 is 16.4 Å². The normalized spacial score (nSPS) is 17.4. The molecule has 1 saturated heterocycles. The average molecular weight is 556 g/mol. The number of ether oxygens (including phenoxy) is 1. The van der Waals surface area contributed by atoms with Gasteiger partial charge in [-0.25, -0.2) is 8.42 Å². The number of nitrogens with one attached hydrogen (secondary N) is 3. The summed E-state index contributed by atoms with van der Waals surface area (Å²) in [6, 6.07) is 7.23. The first-order valence-electron chi connectivity index (χ1n) is 11.5. The summed E-state index contributed by atoms with van der Waals surface area (Å²) in [6.07, 6.45) is -5.58. The number of carbonyl (C=O) groups excluding carboxylic acids is 2. The molecule has 2 aromatic rings. The van der Waals surface area contributed by atoms with Crippen LogP contribution in [0.1, 0.15) is 43.0 Å². The number of sulfonamides is 1. The van der Waals surface area contributed by atoms with E-state index in [2.05, 4.69) is 10.6 Å². The topological polar surface area (TPSA) is 155 Å². The predicted octanol–water partition coefficient (Wildman–Crippen LogP) is 2.60. The van der Waals surface area contributed by atoms with Crippen molar-refractivity contribution in [2.24, 2.45) is 5.73 Å². The Morgan fingerprint density at radius 2 is 1.84 bits per heavy atom. The van der Waals surface area contributed by atoms with Crippen LogP contribution in [-0.4, -0.2) is 56.2 Å². The SMILES string of the molecule is C[C@H](NC(=O)CC(=O)Nc1ccc(C(=N)N)cc1)c1ccc(S(=O)(=O)N2CCOC[C@@H]2C)c(C(F)(F)F)c1. The number of benzene rings is 2. The summed E-state index contributed by atoms with van der Waals surface area (Å²) in [5, 5.41) is 12.3. The third kappa shape index (κ3) is 6.88. The summed E-state index contributed by atoms with van der Waals surface area (Å²) >= 11 is 0. The lowest BCUT2D eigenvalue weighted by Crippen LogP contribution is -2.47. The molecule has 3 rings (SSSR count). The van der Waals surface area contributed by atoms with Gasteiger partial charge in [0, 0.05) is 23.8 Å². The van der Waals surface area contributed by atoms with Gasteiger partial charge in [0.25, 0.3) is 0 Å². The van der Waals surface area contributed by atoms with Crippen LogP contribution in [0.4, 0.5) is 18.9 Å². The Morgan fingerprint density at radius 1 is 1.18 bits per heavy atom. The van der Waals surface area contributed by atoms with Crippen LogP contribution in [0.5, 0.6) is 0 Å². The fourth-order valence-electron chi connectivity index (χ4n) is 3.92. The second kappa shape index (κ2) is 11.5. The highest BCUT2D eigenvalue weighted by Gasteiger charge is 2.41. The zero-order valence-corrected chi connectivity index (χ0v) is 21.4. The molecule has 0 aliphatic carbocycles. The highest BCUT2D eigenvalue weighted by atomic mass is 32.2. The van der Waals surface area contributed by atoms with Crippen molar-refractivity contribution in [2.45, 2.75) is 43.4 Å². The van der Waals surface area contributed by atoms with Gasteiger partial charge in [0.15, 0.2) is 0 Å². The van der Waals surface area contributed by atoms with Crippen molar-refractivity contribution in [3.05, 3.63) is 59.2 Å². The Bertz CT molecular complexity index is 1320. The second-order valence-electron chi connectivity index (χ2n) is 8.80. The molecule has 2 amide bonds. The maximum atomic E-state index is 13.9. The van der Waals surface area contributed by atoms with Crippen LogP contribution in [0, 0.1) is 5.41 Å². The molecule has 10 nitrogen and oxygen atoms in total. The summed E-state index contributed by atoms with van der Waals surface area (Å²) in [7, 11) is -4.47. The number of hydrogen-bond donors (Lipinski definition) is 4. The number of nitrogen functional groups attached to an aromatic ring is 1. The maximum Gasteiger partial charge on any atom is 0.417 e. The summed E-state index contributed by atoms with van der Waals surface area (Å²) in [5.74, 6) is -1.56. The van der Waals surface area contributed by atoms with E-state index in [1.165, 1.54) is 37.3 Å². The van der Waals surface area contributed by atoms with Gasteiger partial charge in [-0.05, 0) is 55.8 Å². The number of amidine groups is 1. The molecule has 2 atom stereocenters. The van der Waals surface area contributed by atoms with Crippen molar-refractivity contribution in [2.75, 3.05) is 25.1 Å². The largest absolute Gasteiger partial charge is 0.417 e. The third-order valence-corrected chi connectivity index (χ3v) is 7.95. The van der Waals surface area contributed by atoms with Crippen molar-refractivity contribution in [3.63, 3.8) is 0 Å². The first kappa shape index (κ1) is 29.1. The Labute approximate surface area is 217 Å². The second-order valence-corrected chi connectivity index (χ2v) is 10.7. The van der Waals surface area contributed by atoms with E-state index >= 15 is 0 Å². The number of amides is 2. The van der Waals surface area contributed by atoms with Gasteiger partial charge in [-0.2, -0.15) is 17.5 Å². The van der Waals surface area contributed by atoms with Gasteiger partial charge >= 0.3 is 6.18 Å². The van der Waals surface area contributed by atoms with Gasteiger partial charge < -0.3 is 21.1 Å². The molecule has 1 aliphatic heterocycles. The molecule has 0 unspecified atom stereocenters. The van der Waals surface area contributed by atoms with Gasteiger partial charge in [-0.15, -0.1) is 0 Å². The van der Waals surface area contributed by atoms with E-state index in [0.29, 0.717) is 17.3 Å². The van der Waals surface area contributed by atoms with Crippen molar-refractivity contribution >= 4 is 33.4 Å². The van der Waals surface area contributed by atoms with E-state index < -0.39 is 57.0 Å². The van der Waals surface area contributed by atoms with Gasteiger partial charge in [0.2, 0.25) is 21.8 Å². The van der Waals surface area contributed by atoms with Crippen molar-refractivity contribution in [1.82, 2.24) is 9.62 Å². The fraction of sp³-hybridized carbons (Fsp3) is 0.375. The van der Waals surface area contributed by atoms with E-state index in [4.69, 9.17) is 15.9 Å². The highest BCUT2D eigenvalue weighted by Crippen LogP contribution is 2.37. The molecule has 5 N–H and O–H groups in total. The molecule has 0 bridgehead atoms. The summed E-state index contributed by atoms with van der Waals surface area (Å²) in [5.41, 5.74) is 4.85. The molecular weight excluding hydrogens is 527 g/mol. The lowest BCUT2D eigenvalue weighted by Gasteiger charge is -2.33. The van der Waals surface area contributed by atoms with Crippen LogP contribution in [0.3, 0.4) is 0 Å². The number of morpholine rings is 1. The third-order valence-electron chi connectivity index (χ3n) is 5.88. The monoisotopic (exact) mass is 555 g/mol. The summed E-state index contributed by atoms with van der Waals surface area (Å²) in [4.78, 5) is 23.7. The number of nitrogens with two attached hydrogens (primary N) is 1. The number of nitrogens with zero attached hydrogens (tertiary/aromatic N) is 1. The number of alkyl halides is 3. The molecule has 1 fully saturated rings. The summed E-state index contributed by atoms with van der Waals surface area (Å²) in [6.45, 7) is 3.04. The van der Waals surface area contributed by atoms with Crippen molar-refractivity contribution < 1.29 is 35.9 Å². The maximum absolute atomic E-state index is 13.9. The predicted molar refractivity (Wildman–Crippen MR) is 133 cm³/mol. The molecule has 0 aromatic heterocycles. The Balaban J connectivity index is 1.72. The van der Waals surface area contributed by atoms with E-state index in [1.807, 2.05) is 0 Å². The van der Waals surface area contributed by atoms with Gasteiger partial charge in [-0.1, -0.05) is 6.07 Å². The average Bonchev–Trinajstić information content (AvgIpc) is 2.83. The number of carbonyl (C=O) groups is 2. The van der Waals surface area contributed by atoms with Crippen molar-refractivity contribution in [3.8, 4) is 0 Å². The highest BCUT2D eigenvalue weighted by molar-refractivity contribution is 7.89. The molecular formula is C24H28F3N5O5S. The first-order valence-corrected chi connectivity index (χ1v) is 13.0. The minimum absolute atomic E-state index is 0.0138. The van der Waals surface area contributed by atoms with Crippen LogP contribution in [0.25, 0.3) is 0 Å². The minimum atomic E-state index is -4.98. The molecule has 2 aromatic carbocycles. The van der Waals surface area contributed by atoms with E-state index in [-0.39, 0.29) is 31.2 Å². The van der Waals surface area contributed by atoms with E-state index in [1.54, 1.807) is 6.92 Å². The van der Waals surface area contributed by atoms with E-state index in [0.717, 1.165) is 10.4 Å². The summed E-state index contributed by atoms with van der Waals surface area (Å²) < 4.78 is 74.1. The minimum Gasteiger partial charge on any atom is -0.384 e. The Hall–Kier alpha value is -3.49. The molecule has 1 heterocycles. The zero-order chi connectivity index (χ0) is 28.3. The first-order chi connectivity index (χ1) is 17.7. The Morgan fingerprint density at radius 3 is 2.42 bits per heavy atom. The zero-order valence-electron chi connectivity index (χ0n) is 20.6. The van der Waals surface area contributed by atoms with Crippen molar-refractivity contribution in [1.29, 1.82) is 5.41 Å². The molecule has 206 valence electrons. The van der Waals surface area contributed by atoms with E-state index in [9.17, 15) is 31.2 Å².